The molecule has 2 heterocycles. The van der Waals surface area contributed by atoms with E-state index in [1.54, 1.807) is 11.3 Å². The average Bonchev–Trinajstić information content (AvgIpc) is 2.73. The summed E-state index contributed by atoms with van der Waals surface area (Å²) in [6.45, 7) is 2.87. The number of hydrogen-bond acceptors (Lipinski definition) is 4. The fourth-order valence-corrected chi connectivity index (χ4v) is 2.82. The molecule has 0 unspecified atom stereocenters. The number of rotatable bonds is 4. The van der Waals surface area contributed by atoms with Gasteiger partial charge >= 0.3 is 0 Å². The van der Waals surface area contributed by atoms with Crippen LogP contribution in [0.25, 0.3) is 0 Å². The Hall–Kier alpha value is -0.910. The van der Waals surface area contributed by atoms with E-state index in [2.05, 4.69) is 20.9 Å². The van der Waals surface area contributed by atoms with Crippen LogP contribution in [-0.2, 0) is 13.2 Å². The summed E-state index contributed by atoms with van der Waals surface area (Å²) < 4.78 is 6.83. The summed E-state index contributed by atoms with van der Waals surface area (Å²) in [5.74, 6) is 0.762. The molecule has 2 rings (SSSR count). The van der Waals surface area contributed by atoms with Crippen molar-refractivity contribution in [2.75, 3.05) is 0 Å². The van der Waals surface area contributed by atoms with Crippen LogP contribution in [0.3, 0.4) is 0 Å². The van der Waals surface area contributed by atoms with Gasteiger partial charge in [0.1, 0.15) is 12.4 Å². The summed E-state index contributed by atoms with van der Waals surface area (Å²) in [6.07, 6.45) is 0. The van der Waals surface area contributed by atoms with E-state index in [0.717, 1.165) is 26.5 Å². The minimum atomic E-state index is 0.391. The highest BCUT2D eigenvalue weighted by Crippen LogP contribution is 2.25. The van der Waals surface area contributed by atoms with Crippen molar-refractivity contribution in [3.05, 3.63) is 44.3 Å². The van der Waals surface area contributed by atoms with Gasteiger partial charge in [0.15, 0.2) is 0 Å². The molecule has 0 aliphatic carbocycles. The van der Waals surface area contributed by atoms with Crippen molar-refractivity contribution in [3.63, 3.8) is 0 Å². The summed E-state index contributed by atoms with van der Waals surface area (Å²) in [6, 6.07) is 5.87. The molecule has 0 saturated heterocycles. The average molecular weight is 313 g/mol. The van der Waals surface area contributed by atoms with Crippen LogP contribution in [0, 0.1) is 6.92 Å². The third kappa shape index (κ3) is 3.06. The van der Waals surface area contributed by atoms with Crippen molar-refractivity contribution in [2.24, 2.45) is 5.73 Å². The minimum absolute atomic E-state index is 0.391. The Morgan fingerprint density at radius 2 is 2.24 bits per heavy atom. The molecule has 0 bridgehead atoms. The van der Waals surface area contributed by atoms with Crippen molar-refractivity contribution in [1.29, 1.82) is 0 Å². The maximum Gasteiger partial charge on any atom is 0.142 e. The van der Waals surface area contributed by atoms with Crippen molar-refractivity contribution in [2.45, 2.75) is 20.1 Å². The van der Waals surface area contributed by atoms with Crippen LogP contribution in [0.5, 0.6) is 5.75 Å². The fraction of sp³-hybridized carbons (Fsp3) is 0.250. The zero-order chi connectivity index (χ0) is 12.3. The maximum atomic E-state index is 5.75. The van der Waals surface area contributed by atoms with E-state index in [1.165, 1.54) is 0 Å². The predicted octanol–water partition coefficient (Wildman–Crippen LogP) is 3.25. The Kier molecular flexibility index (Phi) is 4.15. The molecular weight excluding hydrogens is 300 g/mol. The van der Waals surface area contributed by atoms with Crippen LogP contribution >= 0.6 is 27.3 Å². The predicted molar refractivity (Wildman–Crippen MR) is 73.2 cm³/mol. The topological polar surface area (TPSA) is 48.1 Å². The molecule has 0 saturated carbocycles. The van der Waals surface area contributed by atoms with E-state index in [4.69, 9.17) is 10.5 Å². The maximum absolute atomic E-state index is 5.75. The smallest absolute Gasteiger partial charge is 0.142 e. The lowest BCUT2D eigenvalue weighted by Gasteiger charge is -2.09. The van der Waals surface area contributed by atoms with Crippen LogP contribution in [0.2, 0.25) is 0 Å². The Morgan fingerprint density at radius 1 is 1.41 bits per heavy atom. The van der Waals surface area contributed by atoms with E-state index in [0.29, 0.717) is 13.2 Å². The normalized spacial score (nSPS) is 10.5. The van der Waals surface area contributed by atoms with E-state index in [1.807, 2.05) is 30.5 Å². The Balaban J connectivity index is 2.11. The number of nitrogens with zero attached hydrogens (tertiary/aromatic N) is 1. The molecule has 0 aromatic carbocycles. The highest BCUT2D eigenvalue weighted by molar-refractivity contribution is 9.10. The molecule has 2 aromatic rings. The molecule has 0 amide bonds. The molecule has 0 aliphatic rings. The van der Waals surface area contributed by atoms with Gasteiger partial charge in [0.2, 0.25) is 0 Å². The number of hydrogen-bond donors (Lipinski definition) is 1. The summed E-state index contributed by atoms with van der Waals surface area (Å²) in [5, 5.41) is 2.03. The number of thiophene rings is 1. The molecule has 90 valence electrons. The summed E-state index contributed by atoms with van der Waals surface area (Å²) in [7, 11) is 0. The van der Waals surface area contributed by atoms with Crippen LogP contribution in [0.4, 0.5) is 0 Å². The molecule has 0 aliphatic heterocycles. The molecule has 2 N–H and O–H groups in total. The van der Waals surface area contributed by atoms with Crippen LogP contribution < -0.4 is 10.5 Å². The van der Waals surface area contributed by atoms with Crippen molar-refractivity contribution in [3.8, 4) is 5.75 Å². The van der Waals surface area contributed by atoms with Crippen molar-refractivity contribution in [1.82, 2.24) is 4.98 Å². The first-order valence-corrected chi connectivity index (χ1v) is 6.89. The quantitative estimate of drug-likeness (QED) is 0.942. The highest BCUT2D eigenvalue weighted by atomic mass is 79.9. The van der Waals surface area contributed by atoms with Crippen LogP contribution in [0.1, 0.15) is 16.3 Å². The Labute approximate surface area is 113 Å². The van der Waals surface area contributed by atoms with Gasteiger partial charge in [-0.25, -0.2) is 0 Å². The van der Waals surface area contributed by atoms with Gasteiger partial charge in [-0.05, 0) is 46.4 Å². The molecule has 0 atom stereocenters. The lowest BCUT2D eigenvalue weighted by atomic mass is 10.3. The van der Waals surface area contributed by atoms with Gasteiger partial charge in [-0.3, -0.25) is 4.98 Å². The zero-order valence-electron chi connectivity index (χ0n) is 9.44. The lowest BCUT2D eigenvalue weighted by Crippen LogP contribution is -2.05. The second-order valence-corrected chi connectivity index (χ2v) is 5.44. The number of ether oxygens (including phenoxy) is 1. The lowest BCUT2D eigenvalue weighted by molar-refractivity contribution is 0.304. The van der Waals surface area contributed by atoms with Gasteiger partial charge < -0.3 is 10.5 Å². The second kappa shape index (κ2) is 5.62. The van der Waals surface area contributed by atoms with E-state index < -0.39 is 0 Å². The molecule has 0 fully saturated rings. The van der Waals surface area contributed by atoms with Gasteiger partial charge in [-0.15, -0.1) is 11.3 Å². The molecule has 17 heavy (non-hydrogen) atoms. The Bertz CT molecular complexity index is 513. The third-order valence-corrected chi connectivity index (χ3v) is 4.21. The monoisotopic (exact) mass is 312 g/mol. The largest absolute Gasteiger partial charge is 0.486 e. The van der Waals surface area contributed by atoms with E-state index >= 15 is 0 Å². The Morgan fingerprint density at radius 3 is 2.88 bits per heavy atom. The number of aryl methyl sites for hydroxylation is 1. The highest BCUT2D eigenvalue weighted by Gasteiger charge is 2.06. The summed E-state index contributed by atoms with van der Waals surface area (Å²) >= 11 is 5.14. The SMILES string of the molecule is Cc1ccc(OCc2sccc2Br)c(CN)n1. The number of nitrogens with two attached hydrogens (primary N) is 1. The van der Waals surface area contributed by atoms with Crippen molar-refractivity contribution >= 4 is 27.3 Å². The van der Waals surface area contributed by atoms with E-state index in [9.17, 15) is 0 Å². The third-order valence-electron chi connectivity index (χ3n) is 2.31. The summed E-state index contributed by atoms with van der Waals surface area (Å²) in [5.41, 5.74) is 7.41. The van der Waals surface area contributed by atoms with Crippen molar-refractivity contribution < 1.29 is 4.74 Å². The van der Waals surface area contributed by atoms with Crippen LogP contribution in [-0.4, -0.2) is 4.98 Å². The molecule has 2 aromatic heterocycles. The first-order valence-electron chi connectivity index (χ1n) is 5.22. The zero-order valence-corrected chi connectivity index (χ0v) is 11.8. The van der Waals surface area contributed by atoms with Gasteiger partial charge in [0, 0.05) is 16.7 Å². The van der Waals surface area contributed by atoms with E-state index in [-0.39, 0.29) is 0 Å². The standard InChI is InChI=1S/C12H13BrN2OS/c1-8-2-3-11(10(6-14)15-8)16-7-12-9(13)4-5-17-12/h2-5H,6-7,14H2,1H3. The first-order chi connectivity index (χ1) is 8.20. The molecule has 0 spiro atoms. The van der Waals surface area contributed by atoms with Gasteiger partial charge in [0.25, 0.3) is 0 Å². The molecule has 3 nitrogen and oxygen atoms in total. The van der Waals surface area contributed by atoms with Gasteiger partial charge in [-0.1, -0.05) is 0 Å². The van der Waals surface area contributed by atoms with Crippen LogP contribution in [0.15, 0.2) is 28.1 Å². The fourth-order valence-electron chi connectivity index (χ4n) is 1.45. The number of pyridine rings is 1. The van der Waals surface area contributed by atoms with Gasteiger partial charge in [0.05, 0.1) is 10.6 Å². The van der Waals surface area contributed by atoms with Gasteiger partial charge in [-0.2, -0.15) is 0 Å². The molecule has 0 radical (unpaired) electrons. The minimum Gasteiger partial charge on any atom is -0.486 e. The first kappa shape index (κ1) is 12.5. The molecule has 5 heteroatoms. The number of halogens is 1. The number of aromatic nitrogens is 1. The second-order valence-electron chi connectivity index (χ2n) is 3.58. The molecular formula is C12H13BrN2OS. The summed E-state index contributed by atoms with van der Waals surface area (Å²) in [4.78, 5) is 5.52.